The molecular weight excluding hydrogens is 301 g/mol. The first-order valence-electron chi connectivity index (χ1n) is 4.55. The van der Waals surface area contributed by atoms with Gasteiger partial charge in [0.15, 0.2) is 0 Å². The number of hydrogen-bond donors (Lipinski definition) is 1. The molecule has 4 nitrogen and oxygen atoms in total. The number of alkyl halides is 3. The maximum absolute atomic E-state index is 12.2. The van der Waals surface area contributed by atoms with Crippen LogP contribution in [0.2, 0.25) is 5.02 Å². The van der Waals surface area contributed by atoms with Crippen molar-refractivity contribution in [2.24, 2.45) is 5.10 Å². The Bertz CT molecular complexity index is 570. The van der Waals surface area contributed by atoms with Gasteiger partial charge in [-0.15, -0.1) is 0 Å². The van der Waals surface area contributed by atoms with E-state index >= 15 is 0 Å². The van der Waals surface area contributed by atoms with Gasteiger partial charge >= 0.3 is 5.51 Å². The van der Waals surface area contributed by atoms with Crippen molar-refractivity contribution in [3.63, 3.8) is 0 Å². The third-order valence-electron chi connectivity index (χ3n) is 1.67. The van der Waals surface area contributed by atoms with Crippen LogP contribution in [0.5, 0.6) is 0 Å². The topological polar surface area (TPSA) is 72.0 Å². The minimum Gasteiger partial charge on any atom is -0.275 e. The summed E-state index contributed by atoms with van der Waals surface area (Å²) in [5.41, 5.74) is -2.55. The molecule has 0 unspecified atom stereocenters. The lowest BCUT2D eigenvalue weighted by atomic mass is 10.3. The Kier molecular flexibility index (Phi) is 5.04. The number of hydrazone groups is 1. The van der Waals surface area contributed by atoms with E-state index in [1.807, 2.05) is 0 Å². The molecule has 1 aromatic rings. The average molecular weight is 305 g/mol. The molecule has 0 amide bonds. The van der Waals surface area contributed by atoms with Crippen LogP contribution in [0.1, 0.15) is 0 Å². The number of rotatable bonds is 3. The fraction of sp³-hybridized carbons (Fsp3) is 0.100. The van der Waals surface area contributed by atoms with Crippen molar-refractivity contribution >= 4 is 34.8 Å². The monoisotopic (exact) mass is 304 g/mol. The Hall–Kier alpha value is -1.90. The van der Waals surface area contributed by atoms with E-state index in [0.29, 0.717) is 0 Å². The van der Waals surface area contributed by atoms with Gasteiger partial charge in [-0.25, -0.2) is 0 Å². The maximum atomic E-state index is 12.2. The second kappa shape index (κ2) is 6.32. The first-order chi connectivity index (χ1) is 8.85. The zero-order valence-electron chi connectivity index (χ0n) is 8.99. The van der Waals surface area contributed by atoms with Gasteiger partial charge in [-0.05, 0) is 30.0 Å². The predicted molar refractivity (Wildman–Crippen MR) is 65.6 cm³/mol. The molecule has 0 fully saturated rings. The number of halogens is 4. The summed E-state index contributed by atoms with van der Waals surface area (Å²) < 4.78 is 36.6. The first kappa shape index (κ1) is 15.2. The van der Waals surface area contributed by atoms with Gasteiger partial charge in [0.2, 0.25) is 5.71 Å². The van der Waals surface area contributed by atoms with Gasteiger partial charge in [-0.2, -0.15) is 28.8 Å². The van der Waals surface area contributed by atoms with Crippen molar-refractivity contribution in [1.82, 2.24) is 0 Å². The average Bonchev–Trinajstić information content (AvgIpc) is 2.32. The van der Waals surface area contributed by atoms with Crippen LogP contribution in [0.15, 0.2) is 28.2 Å². The summed E-state index contributed by atoms with van der Waals surface area (Å²) in [7, 11) is 0. The van der Waals surface area contributed by atoms with E-state index in [9.17, 15) is 13.2 Å². The summed E-state index contributed by atoms with van der Waals surface area (Å²) in [5, 5.41) is 20.4. The second-order valence-electron chi connectivity index (χ2n) is 2.99. The first-order valence-corrected chi connectivity index (χ1v) is 5.74. The lowest BCUT2D eigenvalue weighted by Gasteiger charge is -2.08. The fourth-order valence-corrected chi connectivity index (χ4v) is 1.72. The molecule has 1 N–H and O–H groups in total. The molecule has 98 valence electrons. The highest BCUT2D eigenvalue weighted by Crippen LogP contribution is 2.39. The van der Waals surface area contributed by atoms with E-state index in [2.05, 4.69) is 10.5 Å². The number of hydrogen-bond acceptors (Lipinski definition) is 5. The molecule has 0 saturated carbocycles. The summed E-state index contributed by atoms with van der Waals surface area (Å²) in [6, 6.07) is 6.56. The van der Waals surface area contributed by atoms with Gasteiger partial charge in [0.25, 0.3) is 0 Å². The van der Waals surface area contributed by atoms with E-state index < -0.39 is 11.2 Å². The molecule has 0 aliphatic carbocycles. The minimum absolute atomic E-state index is 0.0684. The van der Waals surface area contributed by atoms with Crippen LogP contribution in [0.4, 0.5) is 18.9 Å². The Morgan fingerprint density at radius 3 is 2.47 bits per heavy atom. The number of benzene rings is 1. The predicted octanol–water partition coefficient (Wildman–Crippen LogP) is 3.77. The zero-order chi connectivity index (χ0) is 14.5. The minimum atomic E-state index is -4.42. The van der Waals surface area contributed by atoms with Crippen LogP contribution in [0.25, 0.3) is 0 Å². The molecule has 0 aromatic heterocycles. The van der Waals surface area contributed by atoms with Crippen molar-refractivity contribution in [3.05, 3.63) is 23.2 Å². The molecular formula is C10H4ClF3N4S. The molecule has 1 rings (SSSR count). The van der Waals surface area contributed by atoms with Gasteiger partial charge in [0, 0.05) is 4.90 Å². The van der Waals surface area contributed by atoms with E-state index in [4.69, 9.17) is 22.1 Å². The third kappa shape index (κ3) is 5.08. The van der Waals surface area contributed by atoms with Gasteiger partial charge < -0.3 is 0 Å². The second-order valence-corrected chi connectivity index (χ2v) is 4.53. The standard InChI is InChI=1S/C10H4ClF3N4S/c11-8-2-1-7(19-10(12,13)14)3-9(8)18-17-6(4-15)5-16/h1-3,18H. The number of nitrogens with zero attached hydrogens (tertiary/aromatic N) is 3. The molecule has 0 atom stereocenters. The van der Waals surface area contributed by atoms with E-state index in [0.717, 1.165) is 6.07 Å². The lowest BCUT2D eigenvalue weighted by molar-refractivity contribution is -0.0328. The molecule has 0 aliphatic rings. The van der Waals surface area contributed by atoms with Crippen molar-refractivity contribution in [2.45, 2.75) is 10.4 Å². The highest BCUT2D eigenvalue weighted by atomic mass is 35.5. The van der Waals surface area contributed by atoms with Gasteiger partial charge in [-0.3, -0.25) is 5.43 Å². The summed E-state index contributed by atoms with van der Waals surface area (Å²) in [6.07, 6.45) is 0. The van der Waals surface area contributed by atoms with Crippen LogP contribution in [0.3, 0.4) is 0 Å². The third-order valence-corrected chi connectivity index (χ3v) is 2.72. The Labute approximate surface area is 115 Å². The Balaban J connectivity index is 2.96. The van der Waals surface area contributed by atoms with Crippen LogP contribution in [-0.2, 0) is 0 Å². The number of thioether (sulfide) groups is 1. The summed E-state index contributed by atoms with van der Waals surface area (Å²) >= 11 is 5.44. The highest BCUT2D eigenvalue weighted by molar-refractivity contribution is 8.00. The van der Waals surface area contributed by atoms with Crippen LogP contribution < -0.4 is 5.43 Å². The fourth-order valence-electron chi connectivity index (χ4n) is 0.978. The Morgan fingerprint density at radius 2 is 1.95 bits per heavy atom. The van der Waals surface area contributed by atoms with Crippen LogP contribution in [0, 0.1) is 22.7 Å². The van der Waals surface area contributed by atoms with E-state index in [-0.39, 0.29) is 27.4 Å². The van der Waals surface area contributed by atoms with Crippen molar-refractivity contribution in [1.29, 1.82) is 10.5 Å². The molecule has 0 spiro atoms. The molecule has 1 aromatic carbocycles. The summed E-state index contributed by atoms with van der Waals surface area (Å²) in [5.74, 6) is 0. The van der Waals surface area contributed by atoms with Crippen molar-refractivity contribution < 1.29 is 13.2 Å². The highest BCUT2D eigenvalue weighted by Gasteiger charge is 2.29. The lowest BCUT2D eigenvalue weighted by Crippen LogP contribution is -2.00. The zero-order valence-corrected chi connectivity index (χ0v) is 10.6. The van der Waals surface area contributed by atoms with Gasteiger partial charge in [0.1, 0.15) is 12.1 Å². The SMILES string of the molecule is N#CC(C#N)=NNc1cc(SC(F)(F)F)ccc1Cl. The van der Waals surface area contributed by atoms with Crippen LogP contribution >= 0.6 is 23.4 Å². The van der Waals surface area contributed by atoms with E-state index in [1.54, 1.807) is 0 Å². The van der Waals surface area contributed by atoms with Crippen LogP contribution in [-0.4, -0.2) is 11.2 Å². The number of anilines is 1. The number of nitrogens with one attached hydrogen (secondary N) is 1. The number of nitriles is 2. The molecule has 0 aliphatic heterocycles. The maximum Gasteiger partial charge on any atom is 0.446 e. The van der Waals surface area contributed by atoms with Crippen molar-refractivity contribution in [3.8, 4) is 12.1 Å². The Morgan fingerprint density at radius 1 is 1.32 bits per heavy atom. The quantitative estimate of drug-likeness (QED) is 0.524. The van der Waals surface area contributed by atoms with E-state index in [1.165, 1.54) is 24.3 Å². The molecule has 19 heavy (non-hydrogen) atoms. The largest absolute Gasteiger partial charge is 0.446 e. The van der Waals surface area contributed by atoms with Crippen molar-refractivity contribution in [2.75, 3.05) is 5.43 Å². The molecule has 0 bridgehead atoms. The molecule has 0 radical (unpaired) electrons. The molecule has 9 heteroatoms. The smallest absolute Gasteiger partial charge is 0.275 e. The summed E-state index contributed by atoms with van der Waals surface area (Å²) in [6.45, 7) is 0. The van der Waals surface area contributed by atoms with Gasteiger partial charge in [0.05, 0.1) is 10.7 Å². The van der Waals surface area contributed by atoms with Gasteiger partial charge in [-0.1, -0.05) is 11.6 Å². The normalized spacial score (nSPS) is 10.2. The molecule has 0 saturated heterocycles. The summed E-state index contributed by atoms with van der Waals surface area (Å²) in [4.78, 5) is -0.0925. The molecule has 0 heterocycles.